The molecule has 1 saturated heterocycles. The molecule has 0 saturated carbocycles. The van der Waals surface area contributed by atoms with Gasteiger partial charge >= 0.3 is 0 Å². The zero-order valence-corrected chi connectivity index (χ0v) is 11.0. The van der Waals surface area contributed by atoms with E-state index in [0.29, 0.717) is 5.82 Å². The number of nitrogens with two attached hydrogens (primary N) is 1. The van der Waals surface area contributed by atoms with Crippen LogP contribution in [0.15, 0.2) is 24.3 Å². The van der Waals surface area contributed by atoms with Crippen LogP contribution in [0.25, 0.3) is 0 Å². The Hall–Kier alpha value is -1.72. The Morgan fingerprint density at radius 1 is 1.37 bits per heavy atom. The van der Waals surface area contributed by atoms with Gasteiger partial charge < -0.3 is 10.5 Å². The Kier molecular flexibility index (Phi) is 3.31. The molecule has 19 heavy (non-hydrogen) atoms. The van der Waals surface area contributed by atoms with Gasteiger partial charge in [-0.2, -0.15) is 5.10 Å². The van der Waals surface area contributed by atoms with Crippen LogP contribution in [0.4, 0.5) is 0 Å². The summed E-state index contributed by atoms with van der Waals surface area (Å²) in [5.41, 5.74) is 8.42. The molecule has 5 heteroatoms. The minimum atomic E-state index is -0.299. The number of aromatic nitrogens is 3. The molecule has 0 radical (unpaired) electrons. The molecule has 1 aromatic carbocycles. The highest BCUT2D eigenvalue weighted by molar-refractivity contribution is 5.27. The van der Waals surface area contributed by atoms with Gasteiger partial charge in [-0.05, 0) is 25.3 Å². The lowest BCUT2D eigenvalue weighted by atomic mass is 10.1. The molecule has 0 unspecified atom stereocenters. The molecule has 0 bridgehead atoms. The molecule has 100 valence electrons. The van der Waals surface area contributed by atoms with Crippen LogP contribution in [-0.2, 0) is 4.74 Å². The fourth-order valence-electron chi connectivity index (χ4n) is 2.29. The highest BCUT2D eigenvalue weighted by atomic mass is 16.5. The summed E-state index contributed by atoms with van der Waals surface area (Å²) in [4.78, 5) is 4.47. The van der Waals surface area contributed by atoms with Gasteiger partial charge in [0, 0.05) is 6.61 Å². The van der Waals surface area contributed by atoms with Crippen LogP contribution >= 0.6 is 0 Å². The van der Waals surface area contributed by atoms with Gasteiger partial charge in [-0.25, -0.2) is 4.98 Å². The number of rotatable bonds is 3. The summed E-state index contributed by atoms with van der Waals surface area (Å²) < 4.78 is 5.58. The third kappa shape index (κ3) is 2.52. The van der Waals surface area contributed by atoms with Gasteiger partial charge in [0.1, 0.15) is 6.10 Å². The Balaban J connectivity index is 1.79. The maximum absolute atomic E-state index is 6.19. The number of H-pyrrole nitrogens is 1. The highest BCUT2D eigenvalue weighted by Crippen LogP contribution is 2.26. The summed E-state index contributed by atoms with van der Waals surface area (Å²) in [7, 11) is 0. The molecule has 0 amide bonds. The number of aromatic amines is 1. The van der Waals surface area contributed by atoms with E-state index < -0.39 is 0 Å². The first-order valence-electron chi connectivity index (χ1n) is 6.60. The largest absolute Gasteiger partial charge is 0.370 e. The molecule has 1 aromatic heterocycles. The van der Waals surface area contributed by atoms with Gasteiger partial charge in [0.2, 0.25) is 0 Å². The summed E-state index contributed by atoms with van der Waals surface area (Å²) >= 11 is 0. The van der Waals surface area contributed by atoms with Crippen LogP contribution in [0.1, 0.15) is 47.8 Å². The summed E-state index contributed by atoms with van der Waals surface area (Å²) in [5.74, 6) is 1.41. The Morgan fingerprint density at radius 2 is 2.16 bits per heavy atom. The first-order valence-corrected chi connectivity index (χ1v) is 6.60. The zero-order chi connectivity index (χ0) is 13.2. The van der Waals surface area contributed by atoms with E-state index in [4.69, 9.17) is 10.5 Å². The Labute approximate surface area is 112 Å². The van der Waals surface area contributed by atoms with Crippen molar-refractivity contribution in [3.8, 4) is 0 Å². The van der Waals surface area contributed by atoms with Crippen LogP contribution in [0, 0.1) is 6.92 Å². The summed E-state index contributed by atoms with van der Waals surface area (Å²) in [6, 6.07) is 7.82. The van der Waals surface area contributed by atoms with Crippen molar-refractivity contribution < 1.29 is 4.74 Å². The van der Waals surface area contributed by atoms with Crippen LogP contribution in [0.2, 0.25) is 0 Å². The SMILES string of the molecule is Cc1ccc([C@@H](N)c2n[nH]c([C@@H]3CCCO3)n2)cc1. The second-order valence-electron chi connectivity index (χ2n) is 4.97. The lowest BCUT2D eigenvalue weighted by molar-refractivity contribution is 0.105. The van der Waals surface area contributed by atoms with Crippen molar-refractivity contribution in [3.05, 3.63) is 47.0 Å². The molecule has 1 aliphatic rings. The Bertz CT molecular complexity index is 543. The summed E-state index contributed by atoms with van der Waals surface area (Å²) in [5, 5.41) is 7.16. The van der Waals surface area contributed by atoms with E-state index in [9.17, 15) is 0 Å². The first kappa shape index (κ1) is 12.3. The average molecular weight is 258 g/mol. The fraction of sp³-hybridized carbons (Fsp3) is 0.429. The quantitative estimate of drug-likeness (QED) is 0.883. The van der Waals surface area contributed by atoms with E-state index in [-0.39, 0.29) is 12.1 Å². The molecular formula is C14H18N4O. The van der Waals surface area contributed by atoms with Gasteiger partial charge in [-0.15, -0.1) is 0 Å². The van der Waals surface area contributed by atoms with Crippen molar-refractivity contribution in [3.63, 3.8) is 0 Å². The van der Waals surface area contributed by atoms with Gasteiger partial charge in [0.05, 0.1) is 6.04 Å². The molecule has 3 N–H and O–H groups in total. The number of hydrogen-bond donors (Lipinski definition) is 2. The topological polar surface area (TPSA) is 76.8 Å². The maximum Gasteiger partial charge on any atom is 0.171 e. The normalized spacial score (nSPS) is 20.6. The fourth-order valence-corrected chi connectivity index (χ4v) is 2.29. The minimum absolute atomic E-state index is 0.0477. The second kappa shape index (κ2) is 5.11. The van der Waals surface area contributed by atoms with Crippen molar-refractivity contribution in [1.82, 2.24) is 15.2 Å². The standard InChI is InChI=1S/C14H18N4O/c1-9-4-6-10(7-5-9)12(15)14-16-13(17-18-14)11-3-2-8-19-11/h4-7,11-12H,2-3,8,15H2,1H3,(H,16,17,18)/t11-,12+/m0/s1. The van der Waals surface area contributed by atoms with Gasteiger partial charge in [0.25, 0.3) is 0 Å². The maximum atomic E-state index is 6.19. The molecule has 3 rings (SSSR count). The summed E-state index contributed by atoms with van der Waals surface area (Å²) in [6.07, 6.45) is 2.12. The first-order chi connectivity index (χ1) is 9.24. The predicted octanol–water partition coefficient (Wildman–Crippen LogP) is 2.01. The number of benzene rings is 1. The van der Waals surface area contributed by atoms with Crippen LogP contribution in [-0.4, -0.2) is 21.8 Å². The molecule has 2 atom stereocenters. The number of hydrogen-bond acceptors (Lipinski definition) is 4. The monoisotopic (exact) mass is 258 g/mol. The van der Waals surface area contributed by atoms with Gasteiger partial charge in [-0.1, -0.05) is 29.8 Å². The van der Waals surface area contributed by atoms with Gasteiger partial charge in [0.15, 0.2) is 11.6 Å². The smallest absolute Gasteiger partial charge is 0.171 e. The lowest BCUT2D eigenvalue weighted by Gasteiger charge is -2.08. The number of nitrogens with one attached hydrogen (secondary N) is 1. The van der Waals surface area contributed by atoms with Crippen molar-refractivity contribution in [2.45, 2.75) is 31.9 Å². The molecule has 5 nitrogen and oxygen atoms in total. The highest BCUT2D eigenvalue weighted by Gasteiger charge is 2.23. The molecule has 2 heterocycles. The summed E-state index contributed by atoms with van der Waals surface area (Å²) in [6.45, 7) is 2.85. The minimum Gasteiger partial charge on any atom is -0.370 e. The average Bonchev–Trinajstić information content (AvgIpc) is 3.10. The van der Waals surface area contributed by atoms with Crippen molar-refractivity contribution in [1.29, 1.82) is 0 Å². The zero-order valence-electron chi connectivity index (χ0n) is 11.0. The molecule has 0 aliphatic carbocycles. The van der Waals surface area contributed by atoms with Crippen molar-refractivity contribution in [2.75, 3.05) is 6.61 Å². The molecule has 1 fully saturated rings. The van der Waals surface area contributed by atoms with Gasteiger partial charge in [-0.3, -0.25) is 5.10 Å². The van der Waals surface area contributed by atoms with Crippen molar-refractivity contribution >= 4 is 0 Å². The van der Waals surface area contributed by atoms with Crippen LogP contribution in [0.3, 0.4) is 0 Å². The van der Waals surface area contributed by atoms with Crippen LogP contribution < -0.4 is 5.73 Å². The van der Waals surface area contributed by atoms with E-state index in [1.54, 1.807) is 0 Å². The Morgan fingerprint density at radius 3 is 2.84 bits per heavy atom. The van der Waals surface area contributed by atoms with E-state index in [1.807, 2.05) is 24.3 Å². The third-order valence-corrected chi connectivity index (χ3v) is 3.47. The number of nitrogens with zero attached hydrogens (tertiary/aromatic N) is 2. The molecular weight excluding hydrogens is 240 g/mol. The molecule has 0 spiro atoms. The van der Waals surface area contributed by atoms with E-state index in [1.165, 1.54) is 5.56 Å². The lowest BCUT2D eigenvalue weighted by Crippen LogP contribution is -2.13. The molecule has 2 aromatic rings. The van der Waals surface area contributed by atoms with Crippen molar-refractivity contribution in [2.24, 2.45) is 5.73 Å². The third-order valence-electron chi connectivity index (χ3n) is 3.47. The number of aryl methyl sites for hydroxylation is 1. The van der Waals surface area contributed by atoms with E-state index in [2.05, 4.69) is 22.1 Å². The number of ether oxygens (including phenoxy) is 1. The van der Waals surface area contributed by atoms with Crippen LogP contribution in [0.5, 0.6) is 0 Å². The van der Waals surface area contributed by atoms with E-state index in [0.717, 1.165) is 30.8 Å². The predicted molar refractivity (Wildman–Crippen MR) is 71.5 cm³/mol. The second-order valence-corrected chi connectivity index (χ2v) is 4.97. The molecule has 1 aliphatic heterocycles. The van der Waals surface area contributed by atoms with E-state index >= 15 is 0 Å².